The van der Waals surface area contributed by atoms with Gasteiger partial charge in [0.05, 0.1) is 5.52 Å². The standard InChI is InChI=1S/C17H23N3/c1-13-11-20(9-7-16(13)18-2)12-14-5-6-17-15(10-14)4-3-8-19-17/h3-6,8,10,13,16,18H,7,9,11-12H2,1-2H3. The molecule has 1 N–H and O–H groups in total. The maximum Gasteiger partial charge on any atom is 0.0702 e. The predicted octanol–water partition coefficient (Wildman–Crippen LogP) is 2.66. The molecule has 3 heteroatoms. The van der Waals surface area contributed by atoms with E-state index in [9.17, 15) is 0 Å². The Balaban J connectivity index is 1.70. The van der Waals surface area contributed by atoms with Crippen LogP contribution >= 0.6 is 0 Å². The highest BCUT2D eigenvalue weighted by atomic mass is 15.1. The van der Waals surface area contributed by atoms with E-state index in [4.69, 9.17) is 0 Å². The van der Waals surface area contributed by atoms with Gasteiger partial charge in [0, 0.05) is 30.7 Å². The van der Waals surface area contributed by atoms with Gasteiger partial charge in [0.1, 0.15) is 0 Å². The predicted molar refractivity (Wildman–Crippen MR) is 83.6 cm³/mol. The van der Waals surface area contributed by atoms with Crippen molar-refractivity contribution in [3.8, 4) is 0 Å². The molecular formula is C17H23N3. The molecule has 0 bridgehead atoms. The Kier molecular flexibility index (Phi) is 3.99. The zero-order valence-electron chi connectivity index (χ0n) is 12.3. The first kappa shape index (κ1) is 13.5. The van der Waals surface area contributed by atoms with E-state index in [1.807, 2.05) is 12.3 Å². The zero-order chi connectivity index (χ0) is 13.9. The van der Waals surface area contributed by atoms with Crippen molar-refractivity contribution in [3.63, 3.8) is 0 Å². The Morgan fingerprint density at radius 2 is 2.25 bits per heavy atom. The summed E-state index contributed by atoms with van der Waals surface area (Å²) in [7, 11) is 2.08. The fraction of sp³-hybridized carbons (Fsp3) is 0.471. The van der Waals surface area contributed by atoms with Gasteiger partial charge in [-0.25, -0.2) is 0 Å². The highest BCUT2D eigenvalue weighted by molar-refractivity contribution is 5.78. The van der Waals surface area contributed by atoms with Crippen LogP contribution in [0.1, 0.15) is 18.9 Å². The van der Waals surface area contributed by atoms with Crippen LogP contribution in [0.3, 0.4) is 0 Å². The molecule has 106 valence electrons. The quantitative estimate of drug-likeness (QED) is 0.928. The summed E-state index contributed by atoms with van der Waals surface area (Å²) in [5.74, 6) is 0.718. The van der Waals surface area contributed by atoms with E-state index in [0.717, 1.165) is 18.0 Å². The Morgan fingerprint density at radius 3 is 3.05 bits per heavy atom. The van der Waals surface area contributed by atoms with Gasteiger partial charge in [-0.15, -0.1) is 0 Å². The van der Waals surface area contributed by atoms with Crippen molar-refractivity contribution in [3.05, 3.63) is 42.1 Å². The number of pyridine rings is 1. The van der Waals surface area contributed by atoms with Crippen molar-refractivity contribution in [1.29, 1.82) is 0 Å². The molecule has 3 rings (SSSR count). The number of nitrogens with one attached hydrogen (secondary N) is 1. The van der Waals surface area contributed by atoms with Crippen molar-refractivity contribution in [2.75, 3.05) is 20.1 Å². The number of aromatic nitrogens is 1. The highest BCUT2D eigenvalue weighted by Crippen LogP contribution is 2.20. The Labute approximate surface area is 121 Å². The van der Waals surface area contributed by atoms with Gasteiger partial charge in [-0.05, 0) is 49.7 Å². The summed E-state index contributed by atoms with van der Waals surface area (Å²) >= 11 is 0. The average molecular weight is 269 g/mol. The van der Waals surface area contributed by atoms with E-state index in [-0.39, 0.29) is 0 Å². The molecule has 3 nitrogen and oxygen atoms in total. The SMILES string of the molecule is CNC1CCN(Cc2ccc3ncccc3c2)CC1C. The van der Waals surface area contributed by atoms with Crippen molar-refractivity contribution in [1.82, 2.24) is 15.2 Å². The monoisotopic (exact) mass is 269 g/mol. The molecule has 2 heterocycles. The van der Waals surface area contributed by atoms with Gasteiger partial charge < -0.3 is 5.32 Å². The number of nitrogens with zero attached hydrogens (tertiary/aromatic N) is 2. The van der Waals surface area contributed by atoms with Gasteiger partial charge >= 0.3 is 0 Å². The third-order valence-corrected chi connectivity index (χ3v) is 4.43. The molecule has 20 heavy (non-hydrogen) atoms. The van der Waals surface area contributed by atoms with E-state index in [1.165, 1.54) is 30.5 Å². The lowest BCUT2D eigenvalue weighted by molar-refractivity contribution is 0.145. The van der Waals surface area contributed by atoms with Crippen LogP contribution in [0.5, 0.6) is 0 Å². The lowest BCUT2D eigenvalue weighted by Gasteiger charge is -2.36. The van der Waals surface area contributed by atoms with Crippen LogP contribution in [0.4, 0.5) is 0 Å². The lowest BCUT2D eigenvalue weighted by atomic mass is 9.93. The summed E-state index contributed by atoms with van der Waals surface area (Å²) in [4.78, 5) is 6.95. The van der Waals surface area contributed by atoms with Gasteiger partial charge in [-0.3, -0.25) is 9.88 Å². The Hall–Kier alpha value is -1.45. The summed E-state index contributed by atoms with van der Waals surface area (Å²) in [6.07, 6.45) is 3.10. The minimum absolute atomic E-state index is 0.673. The number of hydrogen-bond acceptors (Lipinski definition) is 3. The second-order valence-electron chi connectivity index (χ2n) is 5.93. The van der Waals surface area contributed by atoms with Crippen molar-refractivity contribution in [2.24, 2.45) is 5.92 Å². The van der Waals surface area contributed by atoms with Crippen LogP contribution in [0.25, 0.3) is 10.9 Å². The molecule has 1 aromatic heterocycles. The molecule has 0 saturated carbocycles. The molecule has 1 aliphatic rings. The molecule has 1 saturated heterocycles. The normalized spacial score (nSPS) is 24.1. The van der Waals surface area contributed by atoms with Crippen LogP contribution in [-0.4, -0.2) is 36.1 Å². The molecule has 2 unspecified atom stereocenters. The number of fused-ring (bicyclic) bond motifs is 1. The molecule has 2 atom stereocenters. The number of benzene rings is 1. The largest absolute Gasteiger partial charge is 0.317 e. The summed E-state index contributed by atoms with van der Waals surface area (Å²) < 4.78 is 0. The van der Waals surface area contributed by atoms with Gasteiger partial charge in [-0.2, -0.15) is 0 Å². The van der Waals surface area contributed by atoms with Crippen molar-refractivity contribution >= 4 is 10.9 Å². The molecule has 2 aromatic rings. The highest BCUT2D eigenvalue weighted by Gasteiger charge is 2.24. The number of rotatable bonds is 3. The summed E-state index contributed by atoms with van der Waals surface area (Å²) in [5, 5.41) is 4.67. The first-order valence-corrected chi connectivity index (χ1v) is 7.49. The third kappa shape index (κ3) is 2.84. The van der Waals surface area contributed by atoms with Gasteiger partial charge in [0.15, 0.2) is 0 Å². The molecule has 0 radical (unpaired) electrons. The minimum atomic E-state index is 0.673. The van der Waals surface area contributed by atoms with Crippen molar-refractivity contribution in [2.45, 2.75) is 25.9 Å². The lowest BCUT2D eigenvalue weighted by Crippen LogP contribution is -2.46. The van der Waals surface area contributed by atoms with Gasteiger partial charge in [0.2, 0.25) is 0 Å². The topological polar surface area (TPSA) is 28.2 Å². The summed E-state index contributed by atoms with van der Waals surface area (Å²) in [6, 6.07) is 11.4. The van der Waals surface area contributed by atoms with Crippen LogP contribution in [-0.2, 0) is 6.54 Å². The molecular weight excluding hydrogens is 246 g/mol. The van der Waals surface area contributed by atoms with Crippen LogP contribution in [0.15, 0.2) is 36.5 Å². The van der Waals surface area contributed by atoms with E-state index in [2.05, 4.69) is 53.4 Å². The van der Waals surface area contributed by atoms with E-state index >= 15 is 0 Å². The maximum atomic E-state index is 4.38. The first-order valence-electron chi connectivity index (χ1n) is 7.49. The van der Waals surface area contributed by atoms with E-state index < -0.39 is 0 Å². The van der Waals surface area contributed by atoms with Gasteiger partial charge in [0.25, 0.3) is 0 Å². The summed E-state index contributed by atoms with van der Waals surface area (Å²) in [6.45, 7) is 5.75. The summed E-state index contributed by atoms with van der Waals surface area (Å²) in [5.41, 5.74) is 2.47. The fourth-order valence-corrected chi connectivity index (χ4v) is 3.29. The third-order valence-electron chi connectivity index (χ3n) is 4.43. The van der Waals surface area contributed by atoms with E-state index in [0.29, 0.717) is 6.04 Å². The van der Waals surface area contributed by atoms with Crippen LogP contribution < -0.4 is 5.32 Å². The molecule has 0 spiro atoms. The van der Waals surface area contributed by atoms with Crippen LogP contribution in [0, 0.1) is 5.92 Å². The molecule has 1 fully saturated rings. The molecule has 1 aliphatic heterocycles. The number of likely N-dealkylation sites (tertiary alicyclic amines) is 1. The first-order chi connectivity index (χ1) is 9.76. The van der Waals surface area contributed by atoms with Crippen LogP contribution in [0.2, 0.25) is 0 Å². The number of hydrogen-bond donors (Lipinski definition) is 1. The molecule has 0 amide bonds. The minimum Gasteiger partial charge on any atom is -0.317 e. The molecule has 0 aliphatic carbocycles. The maximum absolute atomic E-state index is 4.38. The van der Waals surface area contributed by atoms with E-state index in [1.54, 1.807) is 0 Å². The fourth-order valence-electron chi connectivity index (χ4n) is 3.29. The van der Waals surface area contributed by atoms with Crippen molar-refractivity contribution < 1.29 is 0 Å². The Morgan fingerprint density at radius 1 is 1.35 bits per heavy atom. The zero-order valence-corrected chi connectivity index (χ0v) is 12.3. The Bertz CT molecular complexity index is 581. The van der Waals surface area contributed by atoms with Gasteiger partial charge in [-0.1, -0.05) is 19.1 Å². The smallest absolute Gasteiger partial charge is 0.0702 e. The second-order valence-corrected chi connectivity index (χ2v) is 5.93. The average Bonchev–Trinajstić information content (AvgIpc) is 2.47. The molecule has 1 aromatic carbocycles. The second kappa shape index (κ2) is 5.90. The number of piperidine rings is 1.